The maximum atomic E-state index is 14.1. The summed E-state index contributed by atoms with van der Waals surface area (Å²) in [4.78, 5) is 21.4. The summed E-state index contributed by atoms with van der Waals surface area (Å²) in [6.07, 6.45) is 3.82. The molecule has 0 radical (unpaired) electrons. The first kappa shape index (κ1) is 20.1. The Balaban J connectivity index is 1.53. The smallest absolute Gasteiger partial charge is 0.251 e. The van der Waals surface area contributed by atoms with E-state index >= 15 is 0 Å². The van der Waals surface area contributed by atoms with Gasteiger partial charge in [0, 0.05) is 49.9 Å². The lowest BCUT2D eigenvalue weighted by Gasteiger charge is -2.37. The van der Waals surface area contributed by atoms with Crippen molar-refractivity contribution in [3.63, 3.8) is 0 Å². The van der Waals surface area contributed by atoms with E-state index in [1.807, 2.05) is 42.6 Å². The molecule has 2 aromatic carbocycles. The van der Waals surface area contributed by atoms with Gasteiger partial charge in [0.15, 0.2) is 0 Å². The average molecular weight is 407 g/mol. The number of hydrogen-bond acceptors (Lipinski definition) is 4. The molecule has 30 heavy (non-hydrogen) atoms. The Labute approximate surface area is 176 Å². The van der Waals surface area contributed by atoms with Gasteiger partial charge in [-0.05, 0) is 42.1 Å². The van der Waals surface area contributed by atoms with Crippen LogP contribution in [0, 0.1) is 5.82 Å². The van der Waals surface area contributed by atoms with Crippen molar-refractivity contribution >= 4 is 28.2 Å². The lowest BCUT2D eigenvalue weighted by Crippen LogP contribution is -2.47. The van der Waals surface area contributed by atoms with Crippen LogP contribution < -0.4 is 15.1 Å². The summed E-state index contributed by atoms with van der Waals surface area (Å²) in [5, 5.41) is 5.01. The highest BCUT2D eigenvalue weighted by atomic mass is 19.1. The Bertz CT molecular complexity index is 1030. The normalized spacial score (nSPS) is 14.2. The molecule has 0 aliphatic carbocycles. The van der Waals surface area contributed by atoms with Gasteiger partial charge in [-0.15, -0.1) is 0 Å². The fraction of sp³-hybridized carbons (Fsp3) is 0.333. The number of amides is 1. The van der Waals surface area contributed by atoms with Gasteiger partial charge in [0.05, 0.1) is 5.69 Å². The lowest BCUT2D eigenvalue weighted by atomic mass is 10.1. The van der Waals surface area contributed by atoms with Gasteiger partial charge in [-0.1, -0.05) is 31.5 Å². The first-order chi connectivity index (χ1) is 14.7. The van der Waals surface area contributed by atoms with E-state index < -0.39 is 0 Å². The van der Waals surface area contributed by atoms with Crippen molar-refractivity contribution in [2.75, 3.05) is 42.5 Å². The first-order valence-corrected chi connectivity index (χ1v) is 10.6. The Kier molecular flexibility index (Phi) is 6.12. The number of hydrogen-bond donors (Lipinski definition) is 1. The van der Waals surface area contributed by atoms with Crippen molar-refractivity contribution in [1.29, 1.82) is 0 Å². The lowest BCUT2D eigenvalue weighted by molar-refractivity contribution is 0.0953. The molecule has 2 heterocycles. The Hall–Kier alpha value is -3.15. The number of piperazine rings is 1. The highest BCUT2D eigenvalue weighted by Gasteiger charge is 2.22. The molecule has 4 rings (SSSR count). The van der Waals surface area contributed by atoms with Crippen molar-refractivity contribution in [3.05, 3.63) is 66.1 Å². The summed E-state index contributed by atoms with van der Waals surface area (Å²) in [6.45, 7) is 5.71. The molecule has 3 aromatic rings. The van der Waals surface area contributed by atoms with Crippen LogP contribution >= 0.6 is 0 Å². The molecular formula is C24H27FN4O. The molecule has 0 atom stereocenters. The number of carbonyl (C=O) groups excluding carboxylic acids is 1. The maximum Gasteiger partial charge on any atom is 0.251 e. The summed E-state index contributed by atoms with van der Waals surface area (Å²) in [7, 11) is 0. The number of nitrogens with one attached hydrogen (secondary N) is 1. The number of aromatic nitrogens is 1. The summed E-state index contributed by atoms with van der Waals surface area (Å²) in [5.41, 5.74) is 1.30. The van der Waals surface area contributed by atoms with E-state index in [0.29, 0.717) is 17.8 Å². The number of pyridine rings is 1. The number of nitrogens with zero attached hydrogens (tertiary/aromatic N) is 3. The fourth-order valence-corrected chi connectivity index (χ4v) is 3.89. The molecule has 1 aliphatic rings. The minimum absolute atomic E-state index is 0.0514. The molecule has 0 unspecified atom stereocenters. The van der Waals surface area contributed by atoms with Crippen LogP contribution in [0.5, 0.6) is 0 Å². The van der Waals surface area contributed by atoms with Gasteiger partial charge in [-0.3, -0.25) is 4.79 Å². The third kappa shape index (κ3) is 4.22. The Morgan fingerprint density at radius 1 is 1.07 bits per heavy atom. The first-order valence-electron chi connectivity index (χ1n) is 10.6. The molecule has 5 nitrogen and oxygen atoms in total. The second kappa shape index (κ2) is 9.11. The van der Waals surface area contributed by atoms with Crippen molar-refractivity contribution < 1.29 is 9.18 Å². The SMILES string of the molecule is CCCCNC(=O)c1ccc2ccnc(N3CCN(c4ccccc4F)CC3)c2c1. The average Bonchev–Trinajstić information content (AvgIpc) is 2.79. The zero-order valence-electron chi connectivity index (χ0n) is 17.3. The minimum atomic E-state index is -0.187. The van der Waals surface area contributed by atoms with E-state index in [2.05, 4.69) is 27.0 Å². The maximum absolute atomic E-state index is 14.1. The van der Waals surface area contributed by atoms with Crippen LogP contribution in [0.1, 0.15) is 30.1 Å². The molecule has 156 valence electrons. The van der Waals surface area contributed by atoms with Crippen LogP contribution in [0.2, 0.25) is 0 Å². The largest absolute Gasteiger partial charge is 0.366 e. The highest BCUT2D eigenvalue weighted by Crippen LogP contribution is 2.28. The number of unbranched alkanes of at least 4 members (excludes halogenated alkanes) is 1. The van der Waals surface area contributed by atoms with Gasteiger partial charge in [-0.25, -0.2) is 9.37 Å². The van der Waals surface area contributed by atoms with E-state index in [-0.39, 0.29) is 11.7 Å². The minimum Gasteiger partial charge on any atom is -0.366 e. The van der Waals surface area contributed by atoms with Crippen molar-refractivity contribution in [3.8, 4) is 0 Å². The summed E-state index contributed by atoms with van der Waals surface area (Å²) < 4.78 is 14.1. The van der Waals surface area contributed by atoms with Crippen molar-refractivity contribution in [1.82, 2.24) is 10.3 Å². The number of rotatable bonds is 6. The van der Waals surface area contributed by atoms with Gasteiger partial charge in [-0.2, -0.15) is 0 Å². The second-order valence-electron chi connectivity index (χ2n) is 7.61. The molecule has 0 bridgehead atoms. The summed E-state index contributed by atoms with van der Waals surface area (Å²) >= 11 is 0. The van der Waals surface area contributed by atoms with E-state index in [9.17, 15) is 9.18 Å². The van der Waals surface area contributed by atoms with Gasteiger partial charge in [0.2, 0.25) is 0 Å². The molecule has 1 N–H and O–H groups in total. The molecule has 1 fully saturated rings. The molecule has 1 aliphatic heterocycles. The second-order valence-corrected chi connectivity index (χ2v) is 7.61. The van der Waals surface area contributed by atoms with E-state index in [4.69, 9.17) is 0 Å². The number of anilines is 2. The van der Waals surface area contributed by atoms with E-state index in [1.165, 1.54) is 6.07 Å². The van der Waals surface area contributed by atoms with Crippen LogP contribution in [0.4, 0.5) is 15.9 Å². The molecule has 1 amide bonds. The molecule has 1 saturated heterocycles. The van der Waals surface area contributed by atoms with Crippen LogP contribution in [0.25, 0.3) is 10.8 Å². The predicted molar refractivity (Wildman–Crippen MR) is 120 cm³/mol. The number of para-hydroxylation sites is 1. The third-order valence-corrected chi connectivity index (χ3v) is 5.60. The number of fused-ring (bicyclic) bond motifs is 1. The third-order valence-electron chi connectivity index (χ3n) is 5.60. The number of halogens is 1. The van der Waals surface area contributed by atoms with Crippen molar-refractivity contribution in [2.45, 2.75) is 19.8 Å². The van der Waals surface area contributed by atoms with Crippen LogP contribution in [0.3, 0.4) is 0 Å². The zero-order chi connectivity index (χ0) is 20.9. The van der Waals surface area contributed by atoms with Crippen LogP contribution in [0.15, 0.2) is 54.7 Å². The van der Waals surface area contributed by atoms with Crippen LogP contribution in [-0.4, -0.2) is 43.6 Å². The predicted octanol–water partition coefficient (Wildman–Crippen LogP) is 4.23. The van der Waals surface area contributed by atoms with Gasteiger partial charge >= 0.3 is 0 Å². The quantitative estimate of drug-likeness (QED) is 0.623. The Morgan fingerprint density at radius 3 is 2.60 bits per heavy atom. The molecule has 0 spiro atoms. The molecule has 0 saturated carbocycles. The monoisotopic (exact) mass is 406 g/mol. The zero-order valence-corrected chi connectivity index (χ0v) is 17.3. The van der Waals surface area contributed by atoms with Gasteiger partial charge < -0.3 is 15.1 Å². The number of carbonyl (C=O) groups is 1. The van der Waals surface area contributed by atoms with E-state index in [1.54, 1.807) is 6.07 Å². The highest BCUT2D eigenvalue weighted by molar-refractivity contribution is 6.01. The molecule has 1 aromatic heterocycles. The standard InChI is InChI=1S/C24H27FN4O/c1-2-3-11-27-24(30)19-9-8-18-10-12-26-23(20(18)17-19)29-15-13-28(14-16-29)22-7-5-4-6-21(22)25/h4-10,12,17H,2-3,11,13-16H2,1H3,(H,27,30). The molecular weight excluding hydrogens is 379 g/mol. The van der Waals surface area contributed by atoms with Gasteiger partial charge in [0.1, 0.15) is 11.6 Å². The van der Waals surface area contributed by atoms with Crippen LogP contribution in [-0.2, 0) is 0 Å². The topological polar surface area (TPSA) is 48.5 Å². The number of benzene rings is 2. The van der Waals surface area contributed by atoms with Crippen molar-refractivity contribution in [2.24, 2.45) is 0 Å². The summed E-state index contributed by atoms with van der Waals surface area (Å²) in [6, 6.07) is 14.6. The molecule has 6 heteroatoms. The van der Waals surface area contributed by atoms with Gasteiger partial charge in [0.25, 0.3) is 5.91 Å². The fourth-order valence-electron chi connectivity index (χ4n) is 3.89. The summed E-state index contributed by atoms with van der Waals surface area (Å²) in [5.74, 6) is 0.640. The van der Waals surface area contributed by atoms with E-state index in [0.717, 1.165) is 55.6 Å². The Morgan fingerprint density at radius 2 is 1.83 bits per heavy atom.